The van der Waals surface area contributed by atoms with Crippen LogP contribution < -0.4 is 4.74 Å². The molecule has 1 aliphatic rings. The quantitative estimate of drug-likeness (QED) is 0.607. The van der Waals surface area contributed by atoms with E-state index >= 15 is 0 Å². The van der Waals surface area contributed by atoms with Crippen LogP contribution >= 0.6 is 0 Å². The average Bonchev–Trinajstić information content (AvgIpc) is 2.37. The maximum atomic E-state index is 11.7. The number of cyclic esters (lactones) is 1. The summed E-state index contributed by atoms with van der Waals surface area (Å²) in [5, 5.41) is 0. The molecule has 18 heavy (non-hydrogen) atoms. The van der Waals surface area contributed by atoms with Crippen LogP contribution in [0.25, 0.3) is 0 Å². The molecule has 0 amide bonds. The zero-order chi connectivity index (χ0) is 13.2. The predicted octanol–water partition coefficient (Wildman–Crippen LogP) is 2.84. The van der Waals surface area contributed by atoms with Gasteiger partial charge >= 0.3 is 5.97 Å². The number of carbonyl (C=O) groups excluding carboxylic acids is 1. The molecule has 1 aliphatic heterocycles. The fourth-order valence-electron chi connectivity index (χ4n) is 2.44. The van der Waals surface area contributed by atoms with E-state index in [4.69, 9.17) is 9.47 Å². The first-order chi connectivity index (χ1) is 8.57. The van der Waals surface area contributed by atoms with Crippen LogP contribution in [0.3, 0.4) is 0 Å². The van der Waals surface area contributed by atoms with Gasteiger partial charge in [-0.1, -0.05) is 31.7 Å². The van der Waals surface area contributed by atoms with Crippen molar-refractivity contribution in [2.24, 2.45) is 0 Å². The van der Waals surface area contributed by atoms with E-state index in [0.29, 0.717) is 6.42 Å². The summed E-state index contributed by atoms with van der Waals surface area (Å²) < 4.78 is 10.5. The van der Waals surface area contributed by atoms with Gasteiger partial charge in [-0.15, -0.1) is 0 Å². The summed E-state index contributed by atoms with van der Waals surface area (Å²) in [6.45, 7) is 5.79. The molecule has 96 valence electrons. The highest BCUT2D eigenvalue weighted by atomic mass is 16.5. The van der Waals surface area contributed by atoms with Gasteiger partial charge in [-0.25, -0.2) is 0 Å². The molecule has 0 saturated carbocycles. The van der Waals surface area contributed by atoms with Gasteiger partial charge in [-0.2, -0.15) is 0 Å². The van der Waals surface area contributed by atoms with E-state index in [9.17, 15) is 4.79 Å². The molecule has 1 fully saturated rings. The third kappa shape index (κ3) is 2.40. The minimum atomic E-state index is -0.220. The molecule has 0 aliphatic carbocycles. The Hall–Kier alpha value is -1.77. The summed E-state index contributed by atoms with van der Waals surface area (Å²) in [7, 11) is 1.64. The van der Waals surface area contributed by atoms with E-state index in [1.807, 2.05) is 24.3 Å². The Morgan fingerprint density at radius 1 is 1.56 bits per heavy atom. The van der Waals surface area contributed by atoms with Gasteiger partial charge in [0.1, 0.15) is 11.9 Å². The lowest BCUT2D eigenvalue weighted by Crippen LogP contribution is -2.38. The first kappa shape index (κ1) is 12.7. The Morgan fingerprint density at radius 3 is 3.00 bits per heavy atom. The largest absolute Gasteiger partial charge is 0.497 e. The standard InChI is InChI=1S/C15H18O3/c1-4-12-9-15(2,10-14(16)18-12)11-6-5-7-13(8-11)17-3/h4-8,12H,1,9-10H2,2-3H3/t12-,15+/m1/s1. The van der Waals surface area contributed by atoms with E-state index in [2.05, 4.69) is 13.5 Å². The van der Waals surface area contributed by atoms with Gasteiger partial charge in [-0.05, 0) is 24.1 Å². The second kappa shape index (κ2) is 4.84. The molecule has 3 heteroatoms. The van der Waals surface area contributed by atoms with Gasteiger partial charge < -0.3 is 9.47 Å². The fraction of sp³-hybridized carbons (Fsp3) is 0.400. The summed E-state index contributed by atoms with van der Waals surface area (Å²) in [5.74, 6) is 0.638. The molecule has 2 atom stereocenters. The van der Waals surface area contributed by atoms with Gasteiger partial charge in [0.05, 0.1) is 13.5 Å². The lowest BCUT2D eigenvalue weighted by molar-refractivity contribution is -0.154. The van der Waals surface area contributed by atoms with E-state index in [-0.39, 0.29) is 17.5 Å². The zero-order valence-corrected chi connectivity index (χ0v) is 10.8. The van der Waals surface area contributed by atoms with Crippen LogP contribution in [0.2, 0.25) is 0 Å². The minimum absolute atomic E-state index is 0.170. The highest BCUT2D eigenvalue weighted by molar-refractivity contribution is 5.73. The lowest BCUT2D eigenvalue weighted by Gasteiger charge is -2.36. The molecule has 1 aromatic carbocycles. The molecule has 0 spiro atoms. The second-order valence-electron chi connectivity index (χ2n) is 4.94. The van der Waals surface area contributed by atoms with Crippen LogP contribution in [0.4, 0.5) is 0 Å². The van der Waals surface area contributed by atoms with Gasteiger partial charge in [0, 0.05) is 5.41 Å². The molecular formula is C15H18O3. The fourth-order valence-corrected chi connectivity index (χ4v) is 2.44. The van der Waals surface area contributed by atoms with Gasteiger partial charge in [-0.3, -0.25) is 4.79 Å². The van der Waals surface area contributed by atoms with Crippen molar-refractivity contribution in [2.45, 2.75) is 31.3 Å². The van der Waals surface area contributed by atoms with Crippen molar-refractivity contribution in [2.75, 3.05) is 7.11 Å². The summed E-state index contributed by atoms with van der Waals surface area (Å²) in [6.07, 6.45) is 2.64. The van der Waals surface area contributed by atoms with Crippen LogP contribution in [-0.2, 0) is 14.9 Å². The summed E-state index contributed by atoms with van der Waals surface area (Å²) in [6, 6.07) is 7.86. The number of hydrogen-bond donors (Lipinski definition) is 0. The minimum Gasteiger partial charge on any atom is -0.497 e. The van der Waals surface area contributed by atoms with Crippen LogP contribution in [0, 0.1) is 0 Å². The number of benzene rings is 1. The third-order valence-electron chi connectivity index (χ3n) is 3.50. The maximum Gasteiger partial charge on any atom is 0.307 e. The molecular weight excluding hydrogens is 228 g/mol. The molecule has 0 N–H and O–H groups in total. The Bertz CT molecular complexity index is 467. The number of ether oxygens (including phenoxy) is 2. The number of esters is 1. The van der Waals surface area contributed by atoms with Crippen molar-refractivity contribution in [3.63, 3.8) is 0 Å². The van der Waals surface area contributed by atoms with Gasteiger partial charge in [0.25, 0.3) is 0 Å². The molecule has 0 unspecified atom stereocenters. The first-order valence-corrected chi connectivity index (χ1v) is 6.04. The summed E-state index contributed by atoms with van der Waals surface area (Å²) in [4.78, 5) is 11.7. The van der Waals surface area contributed by atoms with Crippen LogP contribution in [0.5, 0.6) is 5.75 Å². The van der Waals surface area contributed by atoms with E-state index in [1.165, 1.54) is 0 Å². The molecule has 0 radical (unpaired) electrons. The molecule has 2 rings (SSSR count). The average molecular weight is 246 g/mol. The molecule has 0 aromatic heterocycles. The molecule has 1 aromatic rings. The number of hydrogen-bond acceptors (Lipinski definition) is 3. The van der Waals surface area contributed by atoms with Crippen molar-refractivity contribution in [3.8, 4) is 5.75 Å². The monoisotopic (exact) mass is 246 g/mol. The maximum absolute atomic E-state index is 11.7. The SMILES string of the molecule is C=C[C@@H]1C[C@](C)(c2cccc(OC)c2)CC(=O)O1. The van der Waals surface area contributed by atoms with Gasteiger partial charge in [0.2, 0.25) is 0 Å². The van der Waals surface area contributed by atoms with Crippen molar-refractivity contribution >= 4 is 5.97 Å². The highest BCUT2D eigenvalue weighted by Gasteiger charge is 2.38. The normalized spacial score (nSPS) is 27.4. The van der Waals surface area contributed by atoms with E-state index < -0.39 is 0 Å². The molecule has 3 nitrogen and oxygen atoms in total. The molecule has 1 saturated heterocycles. The smallest absolute Gasteiger partial charge is 0.307 e. The third-order valence-corrected chi connectivity index (χ3v) is 3.50. The van der Waals surface area contributed by atoms with Crippen molar-refractivity contribution < 1.29 is 14.3 Å². The van der Waals surface area contributed by atoms with Crippen molar-refractivity contribution in [1.29, 1.82) is 0 Å². The van der Waals surface area contributed by atoms with Gasteiger partial charge in [0.15, 0.2) is 0 Å². The number of carbonyl (C=O) groups is 1. The van der Waals surface area contributed by atoms with Crippen molar-refractivity contribution in [3.05, 3.63) is 42.5 Å². The Labute approximate surface area is 107 Å². The van der Waals surface area contributed by atoms with Crippen LogP contribution in [0.15, 0.2) is 36.9 Å². The van der Waals surface area contributed by atoms with Crippen LogP contribution in [0.1, 0.15) is 25.3 Å². The lowest BCUT2D eigenvalue weighted by atomic mass is 9.74. The Balaban J connectivity index is 2.33. The van der Waals surface area contributed by atoms with Crippen molar-refractivity contribution in [1.82, 2.24) is 0 Å². The zero-order valence-electron chi connectivity index (χ0n) is 10.8. The Kier molecular flexibility index (Phi) is 3.41. The number of methoxy groups -OCH3 is 1. The second-order valence-corrected chi connectivity index (χ2v) is 4.94. The predicted molar refractivity (Wildman–Crippen MR) is 69.7 cm³/mol. The summed E-state index contributed by atoms with van der Waals surface area (Å²) in [5.41, 5.74) is 0.883. The van der Waals surface area contributed by atoms with Crippen LogP contribution in [-0.4, -0.2) is 19.2 Å². The number of rotatable bonds is 3. The summed E-state index contributed by atoms with van der Waals surface area (Å²) >= 11 is 0. The van der Waals surface area contributed by atoms with E-state index in [0.717, 1.165) is 17.7 Å². The Morgan fingerprint density at radius 2 is 2.33 bits per heavy atom. The molecule has 0 bridgehead atoms. The van der Waals surface area contributed by atoms with E-state index in [1.54, 1.807) is 13.2 Å². The molecule has 1 heterocycles. The topological polar surface area (TPSA) is 35.5 Å². The highest BCUT2D eigenvalue weighted by Crippen LogP contribution is 2.38. The first-order valence-electron chi connectivity index (χ1n) is 6.04.